The average molecular weight is 376 g/mol. The molecule has 3 heteroatoms. The van der Waals surface area contributed by atoms with Crippen LogP contribution in [0, 0.1) is 12.8 Å². The Hall–Kier alpha value is -2.78. The number of hydrogen-bond donors (Lipinski definition) is 1. The lowest BCUT2D eigenvalue weighted by molar-refractivity contribution is 0.107. The molecule has 1 atom stereocenters. The molecule has 1 unspecified atom stereocenters. The first-order valence-electron chi connectivity index (χ1n) is 9.60. The van der Waals surface area contributed by atoms with E-state index in [0.29, 0.717) is 0 Å². The standard InChI is InChI=1S/C25H28O3/c1-18-23(27-2)16-22(17-24(18)28-3)25(26)21(14-19-10-6-4-7-11-19)15-20-12-8-5-9-13-20/h4-13,16-17,21,25-26H,14-15H2,1-3H3. The van der Waals surface area contributed by atoms with E-state index < -0.39 is 6.10 Å². The highest BCUT2D eigenvalue weighted by atomic mass is 16.5. The number of aliphatic hydroxyl groups is 1. The summed E-state index contributed by atoms with van der Waals surface area (Å²) in [7, 11) is 3.28. The summed E-state index contributed by atoms with van der Waals surface area (Å²) in [6.45, 7) is 1.96. The largest absolute Gasteiger partial charge is 0.496 e. The molecule has 0 aromatic heterocycles. The van der Waals surface area contributed by atoms with Gasteiger partial charge < -0.3 is 14.6 Å². The molecule has 3 aromatic rings. The van der Waals surface area contributed by atoms with Gasteiger partial charge in [-0.1, -0.05) is 60.7 Å². The first-order valence-corrected chi connectivity index (χ1v) is 9.60. The van der Waals surface area contributed by atoms with Gasteiger partial charge in [0.05, 0.1) is 20.3 Å². The molecule has 0 spiro atoms. The quantitative estimate of drug-likeness (QED) is 0.591. The molecule has 0 aliphatic rings. The summed E-state index contributed by atoms with van der Waals surface area (Å²) in [5, 5.41) is 11.3. The van der Waals surface area contributed by atoms with E-state index >= 15 is 0 Å². The highest BCUT2D eigenvalue weighted by Gasteiger charge is 2.24. The van der Waals surface area contributed by atoms with Gasteiger partial charge in [-0.15, -0.1) is 0 Å². The third-order valence-electron chi connectivity index (χ3n) is 5.24. The summed E-state index contributed by atoms with van der Waals surface area (Å²) in [5.41, 5.74) is 4.18. The zero-order valence-corrected chi connectivity index (χ0v) is 16.8. The summed E-state index contributed by atoms with van der Waals surface area (Å²) in [6, 6.07) is 24.5. The number of benzene rings is 3. The van der Waals surface area contributed by atoms with E-state index in [2.05, 4.69) is 24.3 Å². The molecule has 0 fully saturated rings. The predicted octanol–water partition coefficient (Wildman–Crippen LogP) is 5.15. The molecule has 0 aliphatic carbocycles. The monoisotopic (exact) mass is 376 g/mol. The molecular weight excluding hydrogens is 348 g/mol. The second-order valence-corrected chi connectivity index (χ2v) is 7.13. The van der Waals surface area contributed by atoms with E-state index in [9.17, 15) is 5.11 Å². The summed E-state index contributed by atoms with van der Waals surface area (Å²) in [5.74, 6) is 1.49. The van der Waals surface area contributed by atoms with Crippen LogP contribution in [0.5, 0.6) is 11.5 Å². The van der Waals surface area contributed by atoms with Crippen molar-refractivity contribution in [1.29, 1.82) is 0 Å². The van der Waals surface area contributed by atoms with Crippen LogP contribution in [0.4, 0.5) is 0 Å². The maximum absolute atomic E-state index is 11.3. The maximum Gasteiger partial charge on any atom is 0.125 e. The smallest absolute Gasteiger partial charge is 0.125 e. The van der Waals surface area contributed by atoms with Crippen LogP contribution in [0.1, 0.15) is 28.4 Å². The normalized spacial score (nSPS) is 12.0. The van der Waals surface area contributed by atoms with Crippen LogP contribution >= 0.6 is 0 Å². The van der Waals surface area contributed by atoms with Gasteiger partial charge >= 0.3 is 0 Å². The molecule has 0 bridgehead atoms. The Morgan fingerprint density at radius 2 is 1.18 bits per heavy atom. The van der Waals surface area contributed by atoms with Crippen molar-refractivity contribution in [1.82, 2.24) is 0 Å². The van der Waals surface area contributed by atoms with Gasteiger partial charge in [-0.25, -0.2) is 0 Å². The third-order valence-corrected chi connectivity index (χ3v) is 5.24. The van der Waals surface area contributed by atoms with Crippen molar-refractivity contribution in [3.05, 3.63) is 95.1 Å². The fourth-order valence-electron chi connectivity index (χ4n) is 3.68. The predicted molar refractivity (Wildman–Crippen MR) is 113 cm³/mol. The zero-order chi connectivity index (χ0) is 19.9. The van der Waals surface area contributed by atoms with Crippen molar-refractivity contribution >= 4 is 0 Å². The molecule has 3 rings (SSSR count). The molecule has 3 aromatic carbocycles. The van der Waals surface area contributed by atoms with E-state index in [0.717, 1.165) is 35.5 Å². The third kappa shape index (κ3) is 4.73. The highest BCUT2D eigenvalue weighted by molar-refractivity contribution is 5.48. The van der Waals surface area contributed by atoms with Gasteiger partial charge in [-0.05, 0) is 54.5 Å². The minimum atomic E-state index is -0.635. The van der Waals surface area contributed by atoms with Gasteiger partial charge in [0, 0.05) is 5.56 Å². The lowest BCUT2D eigenvalue weighted by atomic mass is 9.84. The first-order chi connectivity index (χ1) is 13.6. The summed E-state index contributed by atoms with van der Waals surface area (Å²) in [4.78, 5) is 0. The molecule has 1 N–H and O–H groups in total. The van der Waals surface area contributed by atoms with Gasteiger partial charge in [-0.3, -0.25) is 0 Å². The topological polar surface area (TPSA) is 38.7 Å². The van der Waals surface area contributed by atoms with Crippen molar-refractivity contribution < 1.29 is 14.6 Å². The van der Waals surface area contributed by atoms with Crippen LogP contribution in [0.3, 0.4) is 0 Å². The van der Waals surface area contributed by atoms with Gasteiger partial charge in [-0.2, -0.15) is 0 Å². The van der Waals surface area contributed by atoms with Crippen LogP contribution < -0.4 is 9.47 Å². The number of aliphatic hydroxyl groups excluding tert-OH is 1. The van der Waals surface area contributed by atoms with Crippen molar-refractivity contribution in [3.8, 4) is 11.5 Å². The first kappa shape index (κ1) is 20.0. The Morgan fingerprint density at radius 3 is 1.57 bits per heavy atom. The van der Waals surface area contributed by atoms with E-state index in [1.165, 1.54) is 11.1 Å². The molecule has 0 radical (unpaired) electrons. The summed E-state index contributed by atoms with van der Waals surface area (Å²) >= 11 is 0. The fraction of sp³-hybridized carbons (Fsp3) is 0.280. The molecule has 0 heterocycles. The maximum atomic E-state index is 11.3. The van der Waals surface area contributed by atoms with Crippen LogP contribution in [-0.4, -0.2) is 19.3 Å². The summed E-state index contributed by atoms with van der Waals surface area (Å²) < 4.78 is 11.0. The minimum absolute atomic E-state index is 0.0296. The Labute approximate surface area is 167 Å². The lowest BCUT2D eigenvalue weighted by Crippen LogP contribution is -2.18. The fourth-order valence-corrected chi connectivity index (χ4v) is 3.68. The Kier molecular flexibility index (Phi) is 6.72. The van der Waals surface area contributed by atoms with Gasteiger partial charge in [0.25, 0.3) is 0 Å². The molecule has 0 saturated carbocycles. The van der Waals surface area contributed by atoms with Gasteiger partial charge in [0.2, 0.25) is 0 Å². The van der Waals surface area contributed by atoms with Crippen molar-refractivity contribution in [2.45, 2.75) is 25.9 Å². The molecule has 146 valence electrons. The van der Waals surface area contributed by atoms with Crippen molar-refractivity contribution in [3.63, 3.8) is 0 Å². The number of ether oxygens (including phenoxy) is 2. The molecule has 0 aliphatic heterocycles. The van der Waals surface area contributed by atoms with E-state index in [-0.39, 0.29) is 5.92 Å². The van der Waals surface area contributed by atoms with Gasteiger partial charge in [0.1, 0.15) is 11.5 Å². The molecule has 3 nitrogen and oxygen atoms in total. The highest BCUT2D eigenvalue weighted by Crippen LogP contribution is 2.36. The van der Waals surface area contributed by atoms with Crippen LogP contribution in [-0.2, 0) is 12.8 Å². The Morgan fingerprint density at radius 1 is 0.750 bits per heavy atom. The minimum Gasteiger partial charge on any atom is -0.496 e. The average Bonchev–Trinajstić information content (AvgIpc) is 2.74. The van der Waals surface area contributed by atoms with Gasteiger partial charge in [0.15, 0.2) is 0 Å². The number of hydrogen-bond acceptors (Lipinski definition) is 3. The SMILES string of the molecule is COc1cc(C(O)C(Cc2ccccc2)Cc2ccccc2)cc(OC)c1C. The second-order valence-electron chi connectivity index (χ2n) is 7.13. The van der Waals surface area contributed by atoms with Crippen LogP contribution in [0.25, 0.3) is 0 Å². The number of methoxy groups -OCH3 is 2. The molecule has 28 heavy (non-hydrogen) atoms. The van der Waals surface area contributed by atoms with Crippen LogP contribution in [0.2, 0.25) is 0 Å². The van der Waals surface area contributed by atoms with Crippen molar-refractivity contribution in [2.75, 3.05) is 14.2 Å². The van der Waals surface area contributed by atoms with E-state index in [1.807, 2.05) is 55.5 Å². The molecule has 0 saturated heterocycles. The van der Waals surface area contributed by atoms with Crippen molar-refractivity contribution in [2.24, 2.45) is 5.92 Å². The second kappa shape index (κ2) is 9.43. The van der Waals surface area contributed by atoms with Crippen LogP contribution in [0.15, 0.2) is 72.8 Å². The van der Waals surface area contributed by atoms with E-state index in [4.69, 9.17) is 9.47 Å². The Balaban J connectivity index is 1.94. The van der Waals surface area contributed by atoms with E-state index in [1.54, 1.807) is 14.2 Å². The Bertz CT molecular complexity index is 808. The number of rotatable bonds is 8. The molecular formula is C25H28O3. The molecule has 0 amide bonds. The lowest BCUT2D eigenvalue weighted by Gasteiger charge is -2.25. The summed E-state index contributed by atoms with van der Waals surface area (Å²) in [6.07, 6.45) is 0.939. The zero-order valence-electron chi connectivity index (χ0n) is 16.8.